The molecule has 0 aromatic heterocycles. The molecule has 3 rings (SSSR count). The van der Waals surface area contributed by atoms with Crippen LogP contribution in [0.4, 0.5) is 0 Å². The molecular formula is C16H21NO. The van der Waals surface area contributed by atoms with Crippen molar-refractivity contribution in [2.24, 2.45) is 0 Å². The summed E-state index contributed by atoms with van der Waals surface area (Å²) in [6.07, 6.45) is 10.4. The Bertz CT molecular complexity index is 427. The summed E-state index contributed by atoms with van der Waals surface area (Å²) in [6, 6.07) is 9.36. The Morgan fingerprint density at radius 2 is 2.17 bits per heavy atom. The number of aryl methyl sites for hydroxylation is 1. The fourth-order valence-corrected chi connectivity index (χ4v) is 2.97. The monoisotopic (exact) mass is 243 g/mol. The largest absolute Gasteiger partial charge is 0.497 e. The highest BCUT2D eigenvalue weighted by atomic mass is 16.5. The molecule has 1 aliphatic carbocycles. The first-order chi connectivity index (χ1) is 8.93. The maximum atomic E-state index is 5.61. The summed E-state index contributed by atoms with van der Waals surface area (Å²) in [5.41, 5.74) is 3.01. The van der Waals surface area contributed by atoms with Crippen LogP contribution >= 0.6 is 0 Å². The van der Waals surface area contributed by atoms with Gasteiger partial charge in [-0.25, -0.2) is 0 Å². The van der Waals surface area contributed by atoms with Crippen molar-refractivity contribution in [2.45, 2.75) is 44.2 Å². The summed E-state index contributed by atoms with van der Waals surface area (Å²) in [4.78, 5) is 0. The van der Waals surface area contributed by atoms with Crippen molar-refractivity contribution in [2.75, 3.05) is 6.54 Å². The van der Waals surface area contributed by atoms with Crippen molar-refractivity contribution in [1.29, 1.82) is 0 Å². The van der Waals surface area contributed by atoms with E-state index in [1.165, 1.54) is 30.4 Å². The summed E-state index contributed by atoms with van der Waals surface area (Å²) < 4.78 is 5.61. The molecule has 1 aliphatic heterocycles. The summed E-state index contributed by atoms with van der Waals surface area (Å²) in [5.74, 6) is 0. The molecule has 18 heavy (non-hydrogen) atoms. The van der Waals surface area contributed by atoms with Crippen LogP contribution in [0.1, 0.15) is 42.9 Å². The number of rotatable bonds is 3. The number of hydrogen-bond donors (Lipinski definition) is 1. The zero-order valence-corrected chi connectivity index (χ0v) is 10.8. The van der Waals surface area contributed by atoms with Crippen LogP contribution in [0.15, 0.2) is 36.6 Å². The van der Waals surface area contributed by atoms with Crippen molar-refractivity contribution in [3.8, 4) is 0 Å². The average molecular weight is 243 g/mol. The van der Waals surface area contributed by atoms with Crippen LogP contribution in [0.3, 0.4) is 0 Å². The van der Waals surface area contributed by atoms with Gasteiger partial charge >= 0.3 is 0 Å². The highest BCUT2D eigenvalue weighted by Crippen LogP contribution is 2.29. The molecule has 2 aliphatic rings. The van der Waals surface area contributed by atoms with Gasteiger partial charge in [-0.3, -0.25) is 0 Å². The molecule has 0 saturated carbocycles. The van der Waals surface area contributed by atoms with Gasteiger partial charge < -0.3 is 10.1 Å². The second kappa shape index (κ2) is 5.57. The van der Waals surface area contributed by atoms with Gasteiger partial charge in [0.25, 0.3) is 0 Å². The SMILES string of the molecule is C1=COC(CNC2CCCc3ccccc32)CC1. The van der Waals surface area contributed by atoms with Gasteiger partial charge in [0.05, 0.1) is 6.26 Å². The molecule has 0 radical (unpaired) electrons. The first kappa shape index (κ1) is 11.8. The summed E-state index contributed by atoms with van der Waals surface area (Å²) in [6.45, 7) is 0.962. The molecule has 0 bridgehead atoms. The molecule has 0 spiro atoms. The van der Waals surface area contributed by atoms with Crippen LogP contribution in [-0.4, -0.2) is 12.6 Å². The fourth-order valence-electron chi connectivity index (χ4n) is 2.97. The van der Waals surface area contributed by atoms with Gasteiger partial charge in [-0.05, 0) is 49.3 Å². The minimum atomic E-state index is 0.351. The molecular weight excluding hydrogens is 222 g/mol. The Labute approximate surface area is 109 Å². The summed E-state index contributed by atoms with van der Waals surface area (Å²) in [7, 11) is 0. The second-order valence-corrected chi connectivity index (χ2v) is 5.26. The van der Waals surface area contributed by atoms with E-state index in [0.717, 1.165) is 19.4 Å². The van der Waals surface area contributed by atoms with Gasteiger partial charge in [0, 0.05) is 12.6 Å². The number of fused-ring (bicyclic) bond motifs is 1. The molecule has 0 saturated heterocycles. The Morgan fingerprint density at radius 3 is 3.06 bits per heavy atom. The van der Waals surface area contributed by atoms with Crippen LogP contribution in [0, 0.1) is 0 Å². The predicted molar refractivity (Wildman–Crippen MR) is 73.4 cm³/mol. The van der Waals surface area contributed by atoms with Gasteiger partial charge in [-0.1, -0.05) is 24.3 Å². The first-order valence-corrected chi connectivity index (χ1v) is 7.05. The molecule has 2 unspecified atom stereocenters. The van der Waals surface area contributed by atoms with Crippen molar-refractivity contribution in [1.82, 2.24) is 5.32 Å². The van der Waals surface area contributed by atoms with Gasteiger partial charge in [-0.2, -0.15) is 0 Å². The van der Waals surface area contributed by atoms with Crippen LogP contribution < -0.4 is 5.32 Å². The number of nitrogens with one attached hydrogen (secondary N) is 1. The number of benzene rings is 1. The van der Waals surface area contributed by atoms with E-state index in [2.05, 4.69) is 35.7 Å². The van der Waals surface area contributed by atoms with Crippen LogP contribution in [0.2, 0.25) is 0 Å². The normalized spacial score (nSPS) is 26.4. The molecule has 2 heteroatoms. The molecule has 96 valence electrons. The lowest BCUT2D eigenvalue weighted by Crippen LogP contribution is -2.33. The predicted octanol–water partition coefficient (Wildman–Crippen LogP) is 3.35. The Kier molecular flexibility index (Phi) is 3.65. The van der Waals surface area contributed by atoms with Gasteiger partial charge in [0.2, 0.25) is 0 Å². The molecule has 0 fully saturated rings. The standard InChI is InChI=1S/C16H21NO/c1-2-9-15-13(6-1)7-5-10-16(15)17-12-14-8-3-4-11-18-14/h1-2,4,6,9,11,14,16-17H,3,5,7-8,10,12H2. The lowest BCUT2D eigenvalue weighted by atomic mass is 9.87. The molecule has 1 N–H and O–H groups in total. The third kappa shape index (κ3) is 2.59. The highest BCUT2D eigenvalue weighted by molar-refractivity contribution is 5.32. The van der Waals surface area contributed by atoms with Gasteiger partial charge in [-0.15, -0.1) is 0 Å². The summed E-state index contributed by atoms with van der Waals surface area (Å²) in [5, 5.41) is 3.69. The molecule has 1 aromatic carbocycles. The van der Waals surface area contributed by atoms with E-state index in [0.29, 0.717) is 12.1 Å². The zero-order valence-electron chi connectivity index (χ0n) is 10.8. The van der Waals surface area contributed by atoms with Crippen LogP contribution in [0.25, 0.3) is 0 Å². The van der Waals surface area contributed by atoms with Crippen molar-refractivity contribution in [3.05, 3.63) is 47.7 Å². The topological polar surface area (TPSA) is 21.3 Å². The second-order valence-electron chi connectivity index (χ2n) is 5.26. The van der Waals surface area contributed by atoms with E-state index in [9.17, 15) is 0 Å². The molecule has 1 aromatic rings. The third-order valence-electron chi connectivity index (χ3n) is 3.98. The quantitative estimate of drug-likeness (QED) is 0.879. The average Bonchev–Trinajstić information content (AvgIpc) is 2.46. The fraction of sp³-hybridized carbons (Fsp3) is 0.500. The minimum absolute atomic E-state index is 0.351. The van der Waals surface area contributed by atoms with Crippen molar-refractivity contribution < 1.29 is 4.74 Å². The number of ether oxygens (including phenoxy) is 1. The van der Waals surface area contributed by atoms with Crippen molar-refractivity contribution in [3.63, 3.8) is 0 Å². The Morgan fingerprint density at radius 1 is 1.22 bits per heavy atom. The molecule has 1 heterocycles. The van der Waals surface area contributed by atoms with Gasteiger partial charge in [0.1, 0.15) is 6.10 Å². The lowest BCUT2D eigenvalue weighted by Gasteiger charge is -2.28. The number of hydrogen-bond acceptors (Lipinski definition) is 2. The maximum Gasteiger partial charge on any atom is 0.110 e. The Hall–Kier alpha value is -1.28. The summed E-state index contributed by atoms with van der Waals surface area (Å²) >= 11 is 0. The Balaban J connectivity index is 1.62. The smallest absolute Gasteiger partial charge is 0.110 e. The third-order valence-corrected chi connectivity index (χ3v) is 3.98. The van der Waals surface area contributed by atoms with E-state index in [-0.39, 0.29) is 0 Å². The van der Waals surface area contributed by atoms with Crippen LogP contribution in [0.5, 0.6) is 0 Å². The number of allylic oxidation sites excluding steroid dienone is 1. The van der Waals surface area contributed by atoms with E-state index in [1.807, 2.05) is 6.26 Å². The molecule has 2 atom stereocenters. The van der Waals surface area contributed by atoms with Gasteiger partial charge in [0.15, 0.2) is 0 Å². The maximum absolute atomic E-state index is 5.61. The van der Waals surface area contributed by atoms with Crippen molar-refractivity contribution >= 4 is 0 Å². The molecule has 2 nitrogen and oxygen atoms in total. The van der Waals surface area contributed by atoms with E-state index in [1.54, 1.807) is 0 Å². The van der Waals surface area contributed by atoms with Crippen LogP contribution in [-0.2, 0) is 11.2 Å². The lowest BCUT2D eigenvalue weighted by molar-refractivity contribution is 0.118. The first-order valence-electron chi connectivity index (χ1n) is 7.05. The van der Waals surface area contributed by atoms with E-state index in [4.69, 9.17) is 4.74 Å². The zero-order chi connectivity index (χ0) is 12.2. The highest BCUT2D eigenvalue weighted by Gasteiger charge is 2.20. The van der Waals surface area contributed by atoms with E-state index >= 15 is 0 Å². The van der Waals surface area contributed by atoms with E-state index < -0.39 is 0 Å². The minimum Gasteiger partial charge on any atom is -0.497 e. The molecule has 0 amide bonds.